The highest BCUT2D eigenvalue weighted by Gasteiger charge is 2.53. The molecule has 0 aliphatic heterocycles. The molecule has 1 N–H and O–H groups in total. The Morgan fingerprint density at radius 3 is 1.95 bits per heavy atom. The van der Waals surface area contributed by atoms with Crippen LogP contribution in [0, 0.1) is 37.0 Å². The molecule has 1 atom stereocenters. The molecule has 4 aliphatic rings. The van der Waals surface area contributed by atoms with Crippen molar-refractivity contribution >= 4 is 0 Å². The fourth-order valence-electron chi connectivity index (χ4n) is 6.17. The summed E-state index contributed by atoms with van der Waals surface area (Å²) in [6.07, 6.45) is 8.98. The second-order valence-electron chi connectivity index (χ2n) is 8.37. The van der Waals surface area contributed by atoms with Gasteiger partial charge in [0, 0.05) is 0 Å². The topological polar surface area (TPSA) is 20.2 Å². The lowest BCUT2D eigenvalue weighted by atomic mass is 9.48. The third kappa shape index (κ3) is 2.25. The lowest BCUT2D eigenvalue weighted by Crippen LogP contribution is -2.52. The van der Waals surface area contributed by atoms with Crippen LogP contribution >= 0.6 is 0 Å². The van der Waals surface area contributed by atoms with Crippen LogP contribution in [0.1, 0.15) is 55.2 Å². The molecule has 4 bridgehead atoms. The first-order valence-electron chi connectivity index (χ1n) is 8.79. The minimum Gasteiger partial charge on any atom is -0.392 e. The summed E-state index contributed by atoms with van der Waals surface area (Å²) < 4.78 is 0. The molecule has 5 rings (SSSR count). The van der Waals surface area contributed by atoms with Gasteiger partial charge in [0.25, 0.3) is 0 Å². The Labute approximate surface area is 128 Å². The Morgan fingerprint density at radius 2 is 1.48 bits per heavy atom. The molecule has 21 heavy (non-hydrogen) atoms. The van der Waals surface area contributed by atoms with Crippen molar-refractivity contribution in [2.24, 2.45) is 23.2 Å². The Hall–Kier alpha value is -0.820. The van der Waals surface area contributed by atoms with Crippen molar-refractivity contribution in [3.05, 3.63) is 34.9 Å². The summed E-state index contributed by atoms with van der Waals surface area (Å²) in [6, 6.07) is 6.51. The molecule has 1 unspecified atom stereocenters. The summed E-state index contributed by atoms with van der Waals surface area (Å²) >= 11 is 0. The van der Waals surface area contributed by atoms with Crippen molar-refractivity contribution in [3.63, 3.8) is 0 Å². The molecule has 1 heteroatoms. The fourth-order valence-corrected chi connectivity index (χ4v) is 6.17. The molecule has 0 spiro atoms. The number of aliphatic hydroxyl groups excluding tert-OH is 1. The van der Waals surface area contributed by atoms with E-state index in [-0.39, 0.29) is 11.5 Å². The van der Waals surface area contributed by atoms with E-state index in [1.54, 1.807) is 0 Å². The van der Waals surface area contributed by atoms with Gasteiger partial charge in [0.15, 0.2) is 0 Å². The van der Waals surface area contributed by atoms with Crippen molar-refractivity contribution in [3.8, 4) is 0 Å². The zero-order valence-corrected chi connectivity index (χ0v) is 13.4. The Balaban J connectivity index is 1.59. The molecule has 0 saturated heterocycles. The molecule has 4 aliphatic carbocycles. The highest BCUT2D eigenvalue weighted by Crippen LogP contribution is 2.61. The number of rotatable bonds is 3. The van der Waals surface area contributed by atoms with E-state index < -0.39 is 0 Å². The van der Waals surface area contributed by atoms with Gasteiger partial charge in [-0.3, -0.25) is 0 Å². The Bertz CT molecular complexity index is 489. The van der Waals surface area contributed by atoms with Crippen LogP contribution in [0.3, 0.4) is 0 Å². The van der Waals surface area contributed by atoms with Crippen LogP contribution < -0.4 is 0 Å². The van der Waals surface area contributed by atoms with Crippen molar-refractivity contribution in [2.75, 3.05) is 0 Å². The maximum Gasteiger partial charge on any atom is 0.0637 e. The van der Waals surface area contributed by atoms with Gasteiger partial charge in [-0.1, -0.05) is 18.2 Å². The first-order chi connectivity index (χ1) is 10.1. The minimum atomic E-state index is -0.134. The summed E-state index contributed by atoms with van der Waals surface area (Å²) in [5.74, 6) is 2.76. The number of aliphatic hydroxyl groups is 1. The van der Waals surface area contributed by atoms with Crippen LogP contribution in [-0.4, -0.2) is 11.2 Å². The zero-order chi connectivity index (χ0) is 14.6. The van der Waals surface area contributed by atoms with Gasteiger partial charge in [0.1, 0.15) is 0 Å². The van der Waals surface area contributed by atoms with E-state index in [0.717, 1.165) is 24.2 Å². The van der Waals surface area contributed by atoms with Crippen LogP contribution in [0.15, 0.2) is 18.2 Å². The third-order valence-electron chi connectivity index (χ3n) is 6.83. The molecule has 0 radical (unpaired) electrons. The lowest BCUT2D eigenvalue weighted by molar-refractivity contribution is -0.119. The van der Waals surface area contributed by atoms with E-state index in [4.69, 9.17) is 0 Å². The van der Waals surface area contributed by atoms with Gasteiger partial charge in [-0.2, -0.15) is 0 Å². The minimum absolute atomic E-state index is 0.134. The number of hydrogen-bond acceptors (Lipinski definition) is 1. The lowest BCUT2D eigenvalue weighted by Gasteiger charge is -2.58. The summed E-state index contributed by atoms with van der Waals surface area (Å²) in [5.41, 5.74) is 4.34. The largest absolute Gasteiger partial charge is 0.392 e. The van der Waals surface area contributed by atoms with Gasteiger partial charge < -0.3 is 5.11 Å². The molecule has 1 aromatic rings. The zero-order valence-electron chi connectivity index (χ0n) is 13.4. The maximum atomic E-state index is 11.1. The summed E-state index contributed by atoms with van der Waals surface area (Å²) in [6.45, 7) is 4.38. The first kappa shape index (κ1) is 13.8. The first-order valence-corrected chi connectivity index (χ1v) is 8.79. The molecule has 114 valence electrons. The standard InChI is InChI=1S/C20H28O/c1-13-4-3-5-14(2)18(13)9-19(21)20-10-15-6-16(11-20)8-17(7-15)12-20/h3-5,15-17,19,21H,6-12H2,1-2H3. The van der Waals surface area contributed by atoms with Gasteiger partial charge in [-0.25, -0.2) is 0 Å². The van der Waals surface area contributed by atoms with Crippen molar-refractivity contribution in [2.45, 2.75) is 64.9 Å². The highest BCUT2D eigenvalue weighted by molar-refractivity contribution is 5.34. The highest BCUT2D eigenvalue weighted by atomic mass is 16.3. The predicted octanol–water partition coefficient (Wildman–Crippen LogP) is 4.42. The number of benzene rings is 1. The van der Waals surface area contributed by atoms with Gasteiger partial charge in [0.2, 0.25) is 0 Å². The molecule has 0 aromatic heterocycles. The number of aryl methyl sites for hydroxylation is 2. The summed E-state index contributed by atoms with van der Waals surface area (Å²) in [4.78, 5) is 0. The van der Waals surface area contributed by atoms with Gasteiger partial charge in [-0.15, -0.1) is 0 Å². The van der Waals surface area contributed by atoms with Gasteiger partial charge >= 0.3 is 0 Å². The van der Waals surface area contributed by atoms with Crippen LogP contribution in [-0.2, 0) is 6.42 Å². The summed E-state index contributed by atoms with van der Waals surface area (Å²) in [7, 11) is 0. The van der Waals surface area contributed by atoms with Crippen molar-refractivity contribution < 1.29 is 5.11 Å². The normalized spacial score (nSPS) is 38.7. The molecule has 1 aromatic carbocycles. The fraction of sp³-hybridized carbons (Fsp3) is 0.700. The maximum absolute atomic E-state index is 11.1. The van der Waals surface area contributed by atoms with Crippen LogP contribution in [0.4, 0.5) is 0 Å². The second-order valence-corrected chi connectivity index (χ2v) is 8.37. The van der Waals surface area contributed by atoms with Crippen molar-refractivity contribution in [1.29, 1.82) is 0 Å². The second kappa shape index (κ2) is 4.84. The average molecular weight is 284 g/mol. The molecular weight excluding hydrogens is 256 g/mol. The van der Waals surface area contributed by atoms with Gasteiger partial charge in [-0.05, 0) is 98.7 Å². The molecular formula is C20H28O. The Kier molecular flexibility index (Phi) is 3.19. The van der Waals surface area contributed by atoms with Crippen LogP contribution in [0.5, 0.6) is 0 Å². The summed E-state index contributed by atoms with van der Waals surface area (Å²) in [5, 5.41) is 11.1. The molecule has 4 saturated carbocycles. The molecule has 1 nitrogen and oxygen atoms in total. The van der Waals surface area contributed by atoms with E-state index in [0.29, 0.717) is 0 Å². The van der Waals surface area contributed by atoms with E-state index >= 15 is 0 Å². The van der Waals surface area contributed by atoms with Crippen molar-refractivity contribution in [1.82, 2.24) is 0 Å². The third-order valence-corrected chi connectivity index (χ3v) is 6.83. The van der Waals surface area contributed by atoms with E-state index in [1.165, 1.54) is 55.2 Å². The molecule has 0 heterocycles. The predicted molar refractivity (Wildman–Crippen MR) is 86.2 cm³/mol. The Morgan fingerprint density at radius 1 is 1.00 bits per heavy atom. The van der Waals surface area contributed by atoms with E-state index in [1.807, 2.05) is 0 Å². The van der Waals surface area contributed by atoms with E-state index in [9.17, 15) is 5.11 Å². The van der Waals surface area contributed by atoms with Crippen LogP contribution in [0.2, 0.25) is 0 Å². The average Bonchev–Trinajstić information content (AvgIpc) is 2.41. The smallest absolute Gasteiger partial charge is 0.0637 e. The molecule has 4 fully saturated rings. The van der Waals surface area contributed by atoms with Crippen LogP contribution in [0.25, 0.3) is 0 Å². The number of hydrogen-bond donors (Lipinski definition) is 1. The van der Waals surface area contributed by atoms with Gasteiger partial charge in [0.05, 0.1) is 6.10 Å². The SMILES string of the molecule is Cc1cccc(C)c1CC(O)C12CC3CC(CC(C3)C1)C2. The monoisotopic (exact) mass is 284 g/mol. The molecule has 0 amide bonds. The van der Waals surface area contributed by atoms with E-state index in [2.05, 4.69) is 32.0 Å². The quantitative estimate of drug-likeness (QED) is 0.871.